The van der Waals surface area contributed by atoms with Gasteiger partial charge in [0, 0.05) is 43.5 Å². The number of halogens is 4. The van der Waals surface area contributed by atoms with Crippen LogP contribution in [0.4, 0.5) is 13.2 Å². The second kappa shape index (κ2) is 12.0. The number of hydrogen-bond acceptors (Lipinski definition) is 6. The number of carboxylic acid groups (broad SMARTS) is 1. The number of ketones is 2. The highest BCUT2D eigenvalue weighted by molar-refractivity contribution is 9.10. The van der Waals surface area contributed by atoms with Crippen LogP contribution in [0.25, 0.3) is 5.57 Å². The predicted molar refractivity (Wildman–Crippen MR) is 133 cm³/mol. The zero-order valence-electron chi connectivity index (χ0n) is 18.7. The van der Waals surface area contributed by atoms with E-state index in [1.165, 1.54) is 35.6 Å². The number of nitrogens with one attached hydrogen (secondary N) is 1. The number of hydrogen-bond donors (Lipinski definition) is 2. The molecule has 12 heteroatoms. The highest BCUT2D eigenvalue weighted by Crippen LogP contribution is 2.30. The van der Waals surface area contributed by atoms with Crippen molar-refractivity contribution in [3.63, 3.8) is 0 Å². The molecule has 0 saturated heterocycles. The van der Waals surface area contributed by atoms with E-state index in [1.807, 2.05) is 0 Å². The van der Waals surface area contributed by atoms with Crippen LogP contribution in [0.3, 0.4) is 0 Å². The van der Waals surface area contributed by atoms with Crippen molar-refractivity contribution in [2.45, 2.75) is 12.8 Å². The van der Waals surface area contributed by atoms with Gasteiger partial charge in [0.15, 0.2) is 11.6 Å². The van der Waals surface area contributed by atoms with Crippen LogP contribution >= 0.6 is 27.3 Å². The lowest BCUT2D eigenvalue weighted by Gasteiger charge is -2.09. The molecule has 192 valence electrons. The van der Waals surface area contributed by atoms with Crippen LogP contribution in [0, 0.1) is 0 Å². The Morgan fingerprint density at radius 2 is 1.57 bits per heavy atom. The Balaban J connectivity index is 1.84. The number of ether oxygens (including phenoxy) is 1. The molecule has 0 bridgehead atoms. The molecule has 3 aromatic rings. The fourth-order valence-corrected chi connectivity index (χ4v) is 4.49. The quantitative estimate of drug-likeness (QED) is 0.228. The molecular formula is C25H17BrF3NO6S. The molecule has 0 radical (unpaired) electrons. The van der Waals surface area contributed by atoms with Gasteiger partial charge in [0.2, 0.25) is 0 Å². The average molecular weight is 596 g/mol. The van der Waals surface area contributed by atoms with Gasteiger partial charge in [0.1, 0.15) is 5.75 Å². The van der Waals surface area contributed by atoms with E-state index < -0.39 is 35.6 Å². The Bertz CT molecular complexity index is 1350. The second-order valence-electron chi connectivity index (χ2n) is 7.43. The lowest BCUT2D eigenvalue weighted by Crippen LogP contribution is -2.26. The fourth-order valence-electron chi connectivity index (χ4n) is 3.05. The van der Waals surface area contributed by atoms with E-state index in [-0.39, 0.29) is 35.2 Å². The molecule has 0 aliphatic carbocycles. The third kappa shape index (κ3) is 8.12. The minimum absolute atomic E-state index is 0.0452. The molecule has 0 saturated carbocycles. The lowest BCUT2D eigenvalue weighted by atomic mass is 9.98. The molecule has 0 unspecified atom stereocenters. The average Bonchev–Trinajstić information content (AvgIpc) is 3.27. The van der Waals surface area contributed by atoms with Gasteiger partial charge in [0.05, 0.1) is 6.42 Å². The molecule has 1 amide bonds. The van der Waals surface area contributed by atoms with Crippen molar-refractivity contribution in [1.29, 1.82) is 0 Å². The molecule has 1 aromatic heterocycles. The Morgan fingerprint density at radius 1 is 0.973 bits per heavy atom. The molecule has 0 aliphatic heterocycles. The highest BCUT2D eigenvalue weighted by Gasteiger charge is 2.31. The largest absolute Gasteiger partial charge is 0.573 e. The minimum atomic E-state index is -4.87. The maximum atomic E-state index is 13.3. The van der Waals surface area contributed by atoms with E-state index in [4.69, 9.17) is 5.11 Å². The number of carboxylic acids is 1. The van der Waals surface area contributed by atoms with Gasteiger partial charge in [-0.15, -0.1) is 24.5 Å². The molecule has 3 rings (SSSR count). The third-order valence-electron chi connectivity index (χ3n) is 4.76. The summed E-state index contributed by atoms with van der Waals surface area (Å²) in [5.41, 5.74) is 0.488. The first-order valence-electron chi connectivity index (χ1n) is 10.4. The van der Waals surface area contributed by atoms with Gasteiger partial charge in [-0.1, -0.05) is 12.1 Å². The number of rotatable bonds is 10. The van der Waals surface area contributed by atoms with Crippen molar-refractivity contribution in [3.8, 4) is 5.75 Å². The summed E-state index contributed by atoms with van der Waals surface area (Å²) in [5, 5.41) is 12.8. The molecule has 0 aliphatic rings. The maximum absolute atomic E-state index is 13.3. The Kier molecular flexibility index (Phi) is 9.00. The Morgan fingerprint density at radius 3 is 2.11 bits per heavy atom. The second-order valence-corrected chi connectivity index (χ2v) is 9.26. The maximum Gasteiger partial charge on any atom is 0.573 e. The number of thiophene rings is 1. The third-order valence-corrected chi connectivity index (χ3v) is 6.48. The zero-order chi connectivity index (χ0) is 27.2. The first kappa shape index (κ1) is 27.8. The number of aliphatic carboxylic acids is 1. The molecule has 0 atom stereocenters. The number of carbonyl (C=O) groups is 4. The van der Waals surface area contributed by atoms with Crippen LogP contribution in [0.15, 0.2) is 70.5 Å². The van der Waals surface area contributed by atoms with Crippen LogP contribution in [0.5, 0.6) is 5.75 Å². The summed E-state index contributed by atoms with van der Waals surface area (Å²) >= 11 is 4.50. The van der Waals surface area contributed by atoms with Crippen molar-refractivity contribution >= 4 is 56.3 Å². The normalized spacial score (nSPS) is 11.6. The van der Waals surface area contributed by atoms with E-state index in [0.29, 0.717) is 9.35 Å². The lowest BCUT2D eigenvalue weighted by molar-refractivity contribution is -0.274. The SMILES string of the molecule is O=C(O)CCNC(=O)c1ccc(C(=O)/C(=C/C(=O)c2ccc(OC(F)(F)F)cc2)c2cc(Br)cs2)cc1. The van der Waals surface area contributed by atoms with Gasteiger partial charge >= 0.3 is 12.3 Å². The zero-order valence-corrected chi connectivity index (χ0v) is 21.1. The van der Waals surface area contributed by atoms with Crippen molar-refractivity contribution in [2.75, 3.05) is 6.54 Å². The van der Waals surface area contributed by atoms with Crippen LogP contribution in [0.1, 0.15) is 42.4 Å². The first-order valence-corrected chi connectivity index (χ1v) is 12.1. The molecule has 2 aromatic carbocycles. The van der Waals surface area contributed by atoms with Crippen LogP contribution in [-0.4, -0.2) is 41.5 Å². The molecule has 1 heterocycles. The van der Waals surface area contributed by atoms with Gasteiger partial charge in [-0.2, -0.15) is 0 Å². The van der Waals surface area contributed by atoms with E-state index >= 15 is 0 Å². The van der Waals surface area contributed by atoms with Crippen LogP contribution < -0.4 is 10.1 Å². The van der Waals surface area contributed by atoms with Crippen molar-refractivity contribution in [3.05, 3.63) is 92.1 Å². The summed E-state index contributed by atoms with van der Waals surface area (Å²) in [5.74, 6) is -3.18. The summed E-state index contributed by atoms with van der Waals surface area (Å²) in [4.78, 5) is 49.4. The van der Waals surface area contributed by atoms with Crippen LogP contribution in [0.2, 0.25) is 0 Å². The van der Waals surface area contributed by atoms with E-state index in [9.17, 15) is 32.3 Å². The van der Waals surface area contributed by atoms with Gasteiger partial charge in [0.25, 0.3) is 5.91 Å². The fraction of sp³-hybridized carbons (Fsp3) is 0.120. The molecule has 2 N–H and O–H groups in total. The predicted octanol–water partition coefficient (Wildman–Crippen LogP) is 5.76. The summed E-state index contributed by atoms with van der Waals surface area (Å²) < 4.78 is 41.6. The minimum Gasteiger partial charge on any atom is -0.481 e. The van der Waals surface area contributed by atoms with E-state index in [1.54, 1.807) is 11.4 Å². The topological polar surface area (TPSA) is 110 Å². The number of benzene rings is 2. The molecule has 0 fully saturated rings. The molecule has 37 heavy (non-hydrogen) atoms. The summed E-state index contributed by atoms with van der Waals surface area (Å²) in [6, 6.07) is 11.5. The summed E-state index contributed by atoms with van der Waals surface area (Å²) in [6.45, 7) is -0.0551. The standard InChI is InChI=1S/C25H17BrF3NO6S/c26-17-11-21(37-13-17)19(12-20(31)14-5-7-18(8-6-14)36-25(27,28)29)23(34)15-1-3-16(4-2-15)24(35)30-10-9-22(32)33/h1-8,11-13H,9-10H2,(H,30,35)(H,32,33)/b19-12+. The first-order chi connectivity index (χ1) is 17.4. The monoisotopic (exact) mass is 595 g/mol. The van der Waals surface area contributed by atoms with Crippen molar-refractivity contribution < 1.29 is 42.2 Å². The number of alkyl halides is 3. The highest BCUT2D eigenvalue weighted by atomic mass is 79.9. The number of Topliss-reactive ketones (excluding diaryl/α,β-unsaturated/α-hetero) is 1. The smallest absolute Gasteiger partial charge is 0.481 e. The van der Waals surface area contributed by atoms with E-state index in [0.717, 1.165) is 30.3 Å². The molecular weight excluding hydrogens is 579 g/mol. The van der Waals surface area contributed by atoms with E-state index in [2.05, 4.69) is 26.0 Å². The molecule has 7 nitrogen and oxygen atoms in total. The van der Waals surface area contributed by atoms with Crippen LogP contribution in [-0.2, 0) is 4.79 Å². The Labute approximate surface area is 220 Å². The van der Waals surface area contributed by atoms with Gasteiger partial charge in [-0.05, 0) is 64.5 Å². The number of allylic oxidation sites excluding steroid dienone is 2. The van der Waals surface area contributed by atoms with Crippen molar-refractivity contribution in [1.82, 2.24) is 5.32 Å². The number of amides is 1. The Hall–Kier alpha value is -3.77. The van der Waals surface area contributed by atoms with Gasteiger partial charge in [-0.25, -0.2) is 0 Å². The summed E-state index contributed by atoms with van der Waals surface area (Å²) in [6.07, 6.45) is -4.00. The van der Waals surface area contributed by atoms with Gasteiger partial charge < -0.3 is 15.2 Å². The van der Waals surface area contributed by atoms with Gasteiger partial charge in [-0.3, -0.25) is 19.2 Å². The molecule has 0 spiro atoms. The summed E-state index contributed by atoms with van der Waals surface area (Å²) in [7, 11) is 0. The number of carbonyl (C=O) groups excluding carboxylic acids is 3. The van der Waals surface area contributed by atoms with Crippen molar-refractivity contribution in [2.24, 2.45) is 0 Å².